The van der Waals surface area contributed by atoms with E-state index in [4.69, 9.17) is 11.6 Å². The first-order valence-corrected chi connectivity index (χ1v) is 10.8. The van der Waals surface area contributed by atoms with Crippen LogP contribution in [0.1, 0.15) is 43.6 Å². The van der Waals surface area contributed by atoms with Gasteiger partial charge in [0.25, 0.3) is 0 Å². The average Bonchev–Trinajstić information content (AvgIpc) is 3.18. The molecule has 1 aliphatic carbocycles. The van der Waals surface area contributed by atoms with Gasteiger partial charge in [-0.3, -0.25) is 4.79 Å². The predicted molar refractivity (Wildman–Crippen MR) is 96.0 cm³/mol. The zero-order valence-corrected chi connectivity index (χ0v) is 15.5. The Morgan fingerprint density at radius 2 is 1.79 bits per heavy atom. The Morgan fingerprint density at radius 1 is 1.17 bits per heavy atom. The first kappa shape index (κ1) is 17.7. The number of rotatable bonds is 4. The molecule has 1 aromatic carbocycles. The molecule has 0 N–H and O–H groups in total. The van der Waals surface area contributed by atoms with E-state index >= 15 is 0 Å². The zero-order valence-electron chi connectivity index (χ0n) is 13.9. The maximum absolute atomic E-state index is 13.2. The van der Waals surface area contributed by atoms with E-state index in [9.17, 15) is 13.2 Å². The van der Waals surface area contributed by atoms with Crippen LogP contribution < -0.4 is 0 Å². The number of hydrogen-bond donors (Lipinski definition) is 0. The monoisotopic (exact) mass is 369 g/mol. The van der Waals surface area contributed by atoms with Crippen LogP contribution in [0.4, 0.5) is 0 Å². The van der Waals surface area contributed by atoms with E-state index in [0.717, 1.165) is 31.2 Å². The van der Waals surface area contributed by atoms with E-state index in [0.29, 0.717) is 17.4 Å². The van der Waals surface area contributed by atoms with Crippen LogP contribution in [0, 0.1) is 5.92 Å². The Balaban J connectivity index is 1.84. The maximum atomic E-state index is 13.2. The molecule has 1 saturated heterocycles. The van der Waals surface area contributed by atoms with E-state index in [1.54, 1.807) is 11.9 Å². The summed E-state index contributed by atoms with van der Waals surface area (Å²) in [6, 6.07) is 7.32. The van der Waals surface area contributed by atoms with Crippen LogP contribution in [-0.2, 0) is 14.6 Å². The summed E-state index contributed by atoms with van der Waals surface area (Å²) >= 11 is 5.99. The van der Waals surface area contributed by atoms with Crippen molar-refractivity contribution in [3.63, 3.8) is 0 Å². The van der Waals surface area contributed by atoms with Gasteiger partial charge in [0.05, 0.1) is 17.4 Å². The third-order valence-corrected chi connectivity index (χ3v) is 7.47. The summed E-state index contributed by atoms with van der Waals surface area (Å²) in [6.45, 7) is 0. The summed E-state index contributed by atoms with van der Waals surface area (Å²) < 4.78 is 23.5. The third-order valence-electron chi connectivity index (χ3n) is 5.47. The van der Waals surface area contributed by atoms with Crippen molar-refractivity contribution in [2.75, 3.05) is 18.6 Å². The molecule has 2 atom stereocenters. The molecule has 2 aliphatic rings. The number of likely N-dealkylation sites (N-methyl/N-ethyl adjacent to an activating group) is 1. The van der Waals surface area contributed by atoms with E-state index in [2.05, 4.69) is 0 Å². The molecule has 2 fully saturated rings. The van der Waals surface area contributed by atoms with Crippen molar-refractivity contribution in [3.05, 3.63) is 34.9 Å². The molecule has 4 nitrogen and oxygen atoms in total. The zero-order chi connectivity index (χ0) is 17.3. The number of halogens is 1. The molecule has 1 aromatic rings. The van der Waals surface area contributed by atoms with Crippen molar-refractivity contribution in [1.29, 1.82) is 0 Å². The smallest absolute Gasteiger partial charge is 0.230 e. The molecule has 6 heteroatoms. The molecular weight excluding hydrogens is 346 g/mol. The quantitative estimate of drug-likeness (QED) is 0.818. The van der Waals surface area contributed by atoms with E-state index < -0.39 is 9.84 Å². The van der Waals surface area contributed by atoms with Gasteiger partial charge < -0.3 is 4.90 Å². The maximum Gasteiger partial charge on any atom is 0.230 e. The SMILES string of the molecule is CN(C(=O)C(c1ccc(Cl)cc1)C1CCCC1)C1CCS(=O)(=O)C1. The van der Waals surface area contributed by atoms with E-state index in [-0.39, 0.29) is 29.4 Å². The van der Waals surface area contributed by atoms with Crippen LogP contribution in [0.25, 0.3) is 0 Å². The average molecular weight is 370 g/mol. The molecule has 2 unspecified atom stereocenters. The fraction of sp³-hybridized carbons (Fsp3) is 0.611. The van der Waals surface area contributed by atoms with Gasteiger partial charge in [-0.2, -0.15) is 0 Å². The van der Waals surface area contributed by atoms with Crippen LogP contribution in [-0.4, -0.2) is 43.8 Å². The third kappa shape index (κ3) is 3.77. The summed E-state index contributed by atoms with van der Waals surface area (Å²) in [4.78, 5) is 14.9. The van der Waals surface area contributed by atoms with Gasteiger partial charge in [0, 0.05) is 18.1 Å². The summed E-state index contributed by atoms with van der Waals surface area (Å²) in [5, 5.41) is 0.659. The van der Waals surface area contributed by atoms with Crippen molar-refractivity contribution < 1.29 is 13.2 Å². The van der Waals surface area contributed by atoms with E-state index in [1.165, 1.54) is 0 Å². The number of benzene rings is 1. The van der Waals surface area contributed by atoms with Crippen LogP contribution in [0.15, 0.2) is 24.3 Å². The van der Waals surface area contributed by atoms with Gasteiger partial charge in [0.15, 0.2) is 9.84 Å². The lowest BCUT2D eigenvalue weighted by Crippen LogP contribution is -2.42. The van der Waals surface area contributed by atoms with Crippen molar-refractivity contribution >= 4 is 27.3 Å². The summed E-state index contributed by atoms with van der Waals surface area (Å²) in [5.41, 5.74) is 0.990. The minimum Gasteiger partial charge on any atom is -0.341 e. The number of sulfone groups is 1. The highest BCUT2D eigenvalue weighted by Gasteiger charge is 2.38. The highest BCUT2D eigenvalue weighted by molar-refractivity contribution is 7.91. The number of hydrogen-bond acceptors (Lipinski definition) is 3. The van der Waals surface area contributed by atoms with Gasteiger partial charge in [-0.25, -0.2) is 8.42 Å². The lowest BCUT2D eigenvalue weighted by molar-refractivity contribution is -0.134. The molecule has 1 saturated carbocycles. The van der Waals surface area contributed by atoms with Crippen LogP contribution in [0.3, 0.4) is 0 Å². The minimum absolute atomic E-state index is 0.0475. The van der Waals surface area contributed by atoms with Crippen LogP contribution >= 0.6 is 11.6 Å². The molecule has 0 radical (unpaired) electrons. The molecule has 132 valence electrons. The summed E-state index contributed by atoms with van der Waals surface area (Å²) in [5.74, 6) is 0.459. The van der Waals surface area contributed by atoms with Gasteiger partial charge >= 0.3 is 0 Å². The highest BCUT2D eigenvalue weighted by Crippen LogP contribution is 2.39. The summed E-state index contributed by atoms with van der Waals surface area (Å²) in [6.07, 6.45) is 4.96. The number of carbonyl (C=O) groups excluding carboxylic acids is 1. The topological polar surface area (TPSA) is 54.5 Å². The van der Waals surface area contributed by atoms with Crippen molar-refractivity contribution in [3.8, 4) is 0 Å². The lowest BCUT2D eigenvalue weighted by atomic mass is 9.83. The van der Waals surface area contributed by atoms with Crippen molar-refractivity contribution in [2.24, 2.45) is 5.92 Å². The predicted octanol–water partition coefficient (Wildman–Crippen LogP) is 3.26. The number of nitrogens with zero attached hydrogens (tertiary/aromatic N) is 1. The Kier molecular flexibility index (Phi) is 5.21. The summed E-state index contributed by atoms with van der Waals surface area (Å²) in [7, 11) is -1.24. The Labute approximate surface area is 149 Å². The normalized spacial score (nSPS) is 24.8. The molecule has 1 amide bonds. The second-order valence-corrected chi connectivity index (χ2v) is 9.74. The van der Waals surface area contributed by atoms with Crippen molar-refractivity contribution in [2.45, 2.75) is 44.1 Å². The second kappa shape index (κ2) is 7.04. The largest absolute Gasteiger partial charge is 0.341 e. The van der Waals surface area contributed by atoms with Gasteiger partial charge in [0.2, 0.25) is 5.91 Å². The molecule has 1 heterocycles. The Bertz CT molecular complexity index is 695. The van der Waals surface area contributed by atoms with E-state index in [1.807, 2.05) is 24.3 Å². The second-order valence-electron chi connectivity index (χ2n) is 7.08. The molecule has 0 aromatic heterocycles. The first-order chi connectivity index (χ1) is 11.4. The molecule has 0 bridgehead atoms. The van der Waals surface area contributed by atoms with Crippen LogP contribution in [0.5, 0.6) is 0 Å². The molecule has 1 aliphatic heterocycles. The molecular formula is C18H24ClNO3S. The number of carbonyl (C=O) groups is 1. The van der Waals surface area contributed by atoms with Gasteiger partial charge in [-0.1, -0.05) is 36.6 Å². The molecule has 0 spiro atoms. The first-order valence-electron chi connectivity index (χ1n) is 8.60. The Hall–Kier alpha value is -1.07. The molecule has 24 heavy (non-hydrogen) atoms. The Morgan fingerprint density at radius 3 is 2.33 bits per heavy atom. The standard InChI is InChI=1S/C18H24ClNO3S/c1-20(16-10-11-24(22,23)12-16)18(21)17(13-4-2-3-5-13)14-6-8-15(19)9-7-14/h6-9,13,16-17H,2-5,10-12H2,1H3. The lowest BCUT2D eigenvalue weighted by Gasteiger charge is -2.31. The van der Waals surface area contributed by atoms with Gasteiger partial charge in [-0.15, -0.1) is 0 Å². The number of amides is 1. The minimum atomic E-state index is -3.00. The van der Waals surface area contributed by atoms with Gasteiger partial charge in [-0.05, 0) is 42.9 Å². The molecule has 3 rings (SSSR count). The van der Waals surface area contributed by atoms with Crippen molar-refractivity contribution in [1.82, 2.24) is 4.90 Å². The fourth-order valence-corrected chi connectivity index (χ4v) is 5.96. The highest BCUT2D eigenvalue weighted by atomic mass is 35.5. The fourth-order valence-electron chi connectivity index (χ4n) is 4.06. The van der Waals surface area contributed by atoms with Crippen LogP contribution in [0.2, 0.25) is 5.02 Å². The van der Waals surface area contributed by atoms with Gasteiger partial charge in [0.1, 0.15) is 0 Å².